The molecular formula is C19H20N2O. The minimum Gasteiger partial charge on any atom is -0.273 e. The second kappa shape index (κ2) is 6.56. The Bertz CT molecular complexity index is 623. The van der Waals surface area contributed by atoms with Crippen molar-refractivity contribution < 1.29 is 4.79 Å². The molecule has 1 saturated heterocycles. The summed E-state index contributed by atoms with van der Waals surface area (Å²) in [5.74, 6) is 0.267. The maximum Gasteiger partial charge on any atom is 0.245 e. The Balaban J connectivity index is 2.00. The lowest BCUT2D eigenvalue weighted by Crippen LogP contribution is -2.24. The van der Waals surface area contributed by atoms with Crippen molar-refractivity contribution in [3.05, 3.63) is 71.8 Å². The fraction of sp³-hybridized carbons (Fsp3) is 0.263. The summed E-state index contributed by atoms with van der Waals surface area (Å²) < 4.78 is 0. The molecule has 3 nitrogen and oxygen atoms in total. The van der Waals surface area contributed by atoms with Gasteiger partial charge in [-0.05, 0) is 12.8 Å². The van der Waals surface area contributed by atoms with Gasteiger partial charge in [0.1, 0.15) is 0 Å². The number of nitrogens with zero attached hydrogens (tertiary/aromatic N) is 2. The van der Waals surface area contributed by atoms with Crippen molar-refractivity contribution in [1.29, 1.82) is 0 Å². The lowest BCUT2D eigenvalue weighted by atomic mass is 10.0. The number of hydrazone groups is 1. The monoisotopic (exact) mass is 292 g/mol. The molecule has 2 aromatic rings. The highest BCUT2D eigenvalue weighted by molar-refractivity contribution is 6.13. The predicted molar refractivity (Wildman–Crippen MR) is 88.6 cm³/mol. The van der Waals surface area contributed by atoms with Gasteiger partial charge in [0.05, 0.1) is 5.71 Å². The van der Waals surface area contributed by atoms with Crippen molar-refractivity contribution in [3.8, 4) is 0 Å². The van der Waals surface area contributed by atoms with Gasteiger partial charge in [-0.1, -0.05) is 67.6 Å². The summed E-state index contributed by atoms with van der Waals surface area (Å²) in [6.45, 7) is 2.77. The highest BCUT2D eigenvalue weighted by atomic mass is 16.2. The van der Waals surface area contributed by atoms with E-state index in [9.17, 15) is 4.79 Å². The second-order valence-corrected chi connectivity index (χ2v) is 5.54. The van der Waals surface area contributed by atoms with Crippen LogP contribution in [0.2, 0.25) is 0 Å². The lowest BCUT2D eigenvalue weighted by molar-refractivity contribution is -0.131. The van der Waals surface area contributed by atoms with Crippen LogP contribution >= 0.6 is 0 Å². The maximum atomic E-state index is 12.4. The summed E-state index contributed by atoms with van der Waals surface area (Å²) >= 11 is 0. The van der Waals surface area contributed by atoms with Gasteiger partial charge in [-0.2, -0.15) is 5.10 Å². The molecule has 1 amide bonds. The average molecular weight is 292 g/mol. The average Bonchev–Trinajstić information content (AvgIpc) is 2.94. The third-order valence-electron chi connectivity index (χ3n) is 4.10. The van der Waals surface area contributed by atoms with Crippen molar-refractivity contribution in [2.45, 2.75) is 19.8 Å². The van der Waals surface area contributed by atoms with Crippen LogP contribution in [0, 0.1) is 5.92 Å². The Morgan fingerprint density at radius 1 is 1.05 bits per heavy atom. The first-order chi connectivity index (χ1) is 10.8. The van der Waals surface area contributed by atoms with Crippen LogP contribution in [0.15, 0.2) is 65.8 Å². The minimum absolute atomic E-state index is 0.122. The Morgan fingerprint density at radius 2 is 1.59 bits per heavy atom. The highest BCUT2D eigenvalue weighted by Crippen LogP contribution is 2.22. The molecule has 0 aliphatic carbocycles. The van der Waals surface area contributed by atoms with Gasteiger partial charge in [-0.3, -0.25) is 4.79 Å². The SMILES string of the molecule is CCC1CCN(N=C(c2ccccc2)c2ccccc2)C1=O. The summed E-state index contributed by atoms with van der Waals surface area (Å²) in [6.07, 6.45) is 1.78. The number of carbonyl (C=O) groups excluding carboxylic acids is 1. The largest absolute Gasteiger partial charge is 0.273 e. The van der Waals surface area contributed by atoms with Gasteiger partial charge in [-0.15, -0.1) is 0 Å². The molecule has 3 rings (SSSR count). The van der Waals surface area contributed by atoms with Gasteiger partial charge in [0.25, 0.3) is 0 Å². The van der Waals surface area contributed by atoms with E-state index in [-0.39, 0.29) is 11.8 Å². The zero-order chi connectivity index (χ0) is 15.4. The van der Waals surface area contributed by atoms with E-state index in [2.05, 4.69) is 6.92 Å². The molecule has 0 radical (unpaired) electrons. The van der Waals surface area contributed by atoms with Crippen molar-refractivity contribution in [2.24, 2.45) is 11.0 Å². The smallest absolute Gasteiger partial charge is 0.245 e. The van der Waals surface area contributed by atoms with Crippen LogP contribution in [-0.4, -0.2) is 23.2 Å². The van der Waals surface area contributed by atoms with Gasteiger partial charge in [-0.25, -0.2) is 5.01 Å². The molecule has 112 valence electrons. The molecule has 22 heavy (non-hydrogen) atoms. The Labute approximate surface area is 131 Å². The quantitative estimate of drug-likeness (QED) is 0.791. The number of benzene rings is 2. The van der Waals surface area contributed by atoms with Crippen LogP contribution in [0.4, 0.5) is 0 Å². The third kappa shape index (κ3) is 2.93. The zero-order valence-corrected chi connectivity index (χ0v) is 12.8. The van der Waals surface area contributed by atoms with E-state index >= 15 is 0 Å². The first kappa shape index (κ1) is 14.5. The molecular weight excluding hydrogens is 272 g/mol. The standard InChI is InChI=1S/C19H20N2O/c1-2-15-13-14-21(19(15)22)20-18(16-9-5-3-6-10-16)17-11-7-4-8-12-17/h3-12,15H,2,13-14H2,1H3. The molecule has 1 atom stereocenters. The van der Waals surface area contributed by atoms with Crippen molar-refractivity contribution in [1.82, 2.24) is 5.01 Å². The number of amides is 1. The van der Waals surface area contributed by atoms with Gasteiger partial charge in [0.2, 0.25) is 5.91 Å². The van der Waals surface area contributed by atoms with E-state index in [1.807, 2.05) is 60.7 Å². The van der Waals surface area contributed by atoms with E-state index in [1.54, 1.807) is 5.01 Å². The first-order valence-electron chi connectivity index (χ1n) is 7.80. The molecule has 3 heteroatoms. The molecule has 0 bridgehead atoms. The number of carbonyl (C=O) groups is 1. The molecule has 1 aliphatic rings. The fourth-order valence-corrected chi connectivity index (χ4v) is 2.80. The van der Waals surface area contributed by atoms with Gasteiger partial charge < -0.3 is 0 Å². The molecule has 1 unspecified atom stereocenters. The third-order valence-corrected chi connectivity index (χ3v) is 4.10. The van der Waals surface area contributed by atoms with Crippen LogP contribution < -0.4 is 0 Å². The lowest BCUT2D eigenvalue weighted by Gasteiger charge is -2.14. The molecule has 1 fully saturated rings. The van der Waals surface area contributed by atoms with Crippen LogP contribution in [0.25, 0.3) is 0 Å². The Kier molecular flexibility index (Phi) is 4.33. The topological polar surface area (TPSA) is 32.7 Å². The first-order valence-corrected chi connectivity index (χ1v) is 7.80. The zero-order valence-electron chi connectivity index (χ0n) is 12.8. The highest BCUT2D eigenvalue weighted by Gasteiger charge is 2.30. The summed E-state index contributed by atoms with van der Waals surface area (Å²) in [7, 11) is 0. The number of rotatable bonds is 4. The van der Waals surface area contributed by atoms with E-state index in [0.29, 0.717) is 6.54 Å². The second-order valence-electron chi connectivity index (χ2n) is 5.54. The van der Waals surface area contributed by atoms with Crippen molar-refractivity contribution in [3.63, 3.8) is 0 Å². The molecule has 0 spiro atoms. The normalized spacial score (nSPS) is 17.6. The van der Waals surface area contributed by atoms with E-state index in [4.69, 9.17) is 5.10 Å². The Hall–Kier alpha value is -2.42. The predicted octanol–water partition coefficient (Wildman–Crippen LogP) is 3.70. The maximum absolute atomic E-state index is 12.4. The molecule has 1 aliphatic heterocycles. The number of hydrogen-bond donors (Lipinski definition) is 0. The van der Waals surface area contributed by atoms with Crippen LogP contribution in [-0.2, 0) is 4.79 Å². The summed E-state index contributed by atoms with van der Waals surface area (Å²) in [4.78, 5) is 12.4. The number of hydrogen-bond acceptors (Lipinski definition) is 2. The minimum atomic E-state index is 0.122. The van der Waals surface area contributed by atoms with Crippen molar-refractivity contribution in [2.75, 3.05) is 6.54 Å². The fourth-order valence-electron chi connectivity index (χ4n) is 2.80. The molecule has 0 N–H and O–H groups in total. The molecule has 0 saturated carbocycles. The molecule has 2 aromatic carbocycles. The molecule has 0 aromatic heterocycles. The van der Waals surface area contributed by atoms with Gasteiger partial charge in [0.15, 0.2) is 0 Å². The van der Waals surface area contributed by atoms with Crippen LogP contribution in [0.1, 0.15) is 30.9 Å². The summed E-state index contributed by atoms with van der Waals surface area (Å²) in [5.41, 5.74) is 2.91. The van der Waals surface area contributed by atoms with Gasteiger partial charge in [0, 0.05) is 23.6 Å². The van der Waals surface area contributed by atoms with Crippen molar-refractivity contribution >= 4 is 11.6 Å². The van der Waals surface area contributed by atoms with Gasteiger partial charge >= 0.3 is 0 Å². The van der Waals surface area contributed by atoms with E-state index in [1.165, 1.54) is 0 Å². The van der Waals surface area contributed by atoms with Crippen LogP contribution in [0.3, 0.4) is 0 Å². The summed E-state index contributed by atoms with van der Waals surface area (Å²) in [6, 6.07) is 20.1. The summed E-state index contributed by atoms with van der Waals surface area (Å²) in [5, 5.41) is 6.34. The van der Waals surface area contributed by atoms with E-state index < -0.39 is 0 Å². The molecule has 1 heterocycles. The van der Waals surface area contributed by atoms with Crippen LogP contribution in [0.5, 0.6) is 0 Å². The Morgan fingerprint density at radius 3 is 2.05 bits per heavy atom. The van der Waals surface area contributed by atoms with E-state index in [0.717, 1.165) is 29.7 Å².